The molecule has 0 bridgehead atoms. The van der Waals surface area contributed by atoms with E-state index < -0.39 is 17.9 Å². The number of rotatable bonds is 17. The predicted molar refractivity (Wildman–Crippen MR) is 115 cm³/mol. The lowest BCUT2D eigenvalue weighted by Crippen LogP contribution is -2.62. The fraction of sp³-hybridized carbons (Fsp3) is 0.913. The van der Waals surface area contributed by atoms with Gasteiger partial charge >= 0.3 is 11.9 Å². The lowest BCUT2D eigenvalue weighted by Gasteiger charge is -2.47. The van der Waals surface area contributed by atoms with Gasteiger partial charge < -0.3 is 14.0 Å². The Balaban J connectivity index is 6.19. The Morgan fingerprint density at radius 1 is 0.679 bits per heavy atom. The molecule has 5 heteroatoms. The smallest absolute Gasteiger partial charge is 0.326 e. The Morgan fingerprint density at radius 2 is 1.07 bits per heavy atom. The second-order valence-corrected chi connectivity index (χ2v) is 7.79. The highest BCUT2D eigenvalue weighted by Crippen LogP contribution is 2.30. The highest BCUT2D eigenvalue weighted by Gasteiger charge is 2.48. The summed E-state index contributed by atoms with van der Waals surface area (Å²) in [6.45, 7) is 15.9. The molecule has 0 aliphatic heterocycles. The number of unbranched alkanes of at least 4 members (excludes halogenated alkanes) is 3. The summed E-state index contributed by atoms with van der Waals surface area (Å²) >= 11 is 0. The molecule has 0 aliphatic rings. The number of quaternary nitrogens is 1. The third-order valence-electron chi connectivity index (χ3n) is 5.62. The molecule has 0 N–H and O–H groups in total. The zero-order chi connectivity index (χ0) is 21.4. The normalized spacial score (nSPS) is 12.8. The third-order valence-corrected chi connectivity index (χ3v) is 5.62. The SMILES string of the molecule is CCCC[N+](CCCC)(CCCC)C(CCC)C(C(=O)OCC)C(=O)OCC. The molecule has 0 amide bonds. The number of carbonyl (C=O) groups excluding carboxylic acids is 2. The standard InChI is InChI=1S/C23H46NO4/c1-7-13-17-24(18-14-8-2,19-15-9-3)20(16-10-4)21(22(25)27-11-5)23(26)28-12-6/h20-21H,7-19H2,1-6H3/q+1. The molecule has 0 fully saturated rings. The van der Waals surface area contributed by atoms with Gasteiger partial charge in [0.1, 0.15) is 6.04 Å². The van der Waals surface area contributed by atoms with Crippen LogP contribution in [0.1, 0.15) is 92.9 Å². The van der Waals surface area contributed by atoms with Crippen LogP contribution in [0.3, 0.4) is 0 Å². The Bertz CT molecular complexity index is 385. The van der Waals surface area contributed by atoms with Crippen molar-refractivity contribution >= 4 is 11.9 Å². The largest absolute Gasteiger partial charge is 0.465 e. The zero-order valence-electron chi connectivity index (χ0n) is 19.4. The molecular weight excluding hydrogens is 354 g/mol. The van der Waals surface area contributed by atoms with Crippen molar-refractivity contribution in [2.24, 2.45) is 5.92 Å². The molecule has 0 spiro atoms. The molecular formula is C23H46NO4+. The van der Waals surface area contributed by atoms with E-state index in [0.29, 0.717) is 0 Å². The van der Waals surface area contributed by atoms with Crippen molar-refractivity contribution in [3.63, 3.8) is 0 Å². The fourth-order valence-electron chi connectivity index (χ4n) is 4.18. The Kier molecular flexibility index (Phi) is 15.2. The molecule has 1 atom stereocenters. The lowest BCUT2D eigenvalue weighted by molar-refractivity contribution is -0.954. The van der Waals surface area contributed by atoms with Gasteiger partial charge in [0.15, 0.2) is 0 Å². The summed E-state index contributed by atoms with van der Waals surface area (Å²) < 4.78 is 11.6. The molecule has 0 saturated carbocycles. The van der Waals surface area contributed by atoms with Crippen LogP contribution in [0.5, 0.6) is 0 Å². The van der Waals surface area contributed by atoms with Gasteiger partial charge in [-0.25, -0.2) is 0 Å². The summed E-state index contributed by atoms with van der Waals surface area (Å²) in [5.41, 5.74) is 0. The molecule has 0 aromatic rings. The molecule has 1 unspecified atom stereocenters. The molecule has 0 saturated heterocycles. The molecule has 0 radical (unpaired) electrons. The predicted octanol–water partition coefficient (Wildman–Crippen LogP) is 5.11. The van der Waals surface area contributed by atoms with Crippen molar-refractivity contribution in [3.05, 3.63) is 0 Å². The van der Waals surface area contributed by atoms with Crippen molar-refractivity contribution < 1.29 is 23.5 Å². The number of nitrogens with zero attached hydrogens (tertiary/aromatic N) is 1. The zero-order valence-corrected chi connectivity index (χ0v) is 19.4. The van der Waals surface area contributed by atoms with Gasteiger partial charge in [-0.1, -0.05) is 53.4 Å². The number of hydrogen-bond donors (Lipinski definition) is 0. The first kappa shape index (κ1) is 26.9. The van der Waals surface area contributed by atoms with Crippen LogP contribution in [0.15, 0.2) is 0 Å². The van der Waals surface area contributed by atoms with Gasteiger partial charge in [0, 0.05) is 6.42 Å². The second kappa shape index (κ2) is 15.8. The minimum absolute atomic E-state index is 0.0762. The van der Waals surface area contributed by atoms with Gasteiger partial charge in [-0.2, -0.15) is 0 Å². The van der Waals surface area contributed by atoms with Gasteiger partial charge in [-0.15, -0.1) is 0 Å². The number of ether oxygens (including phenoxy) is 2. The van der Waals surface area contributed by atoms with Crippen LogP contribution in [0, 0.1) is 5.92 Å². The van der Waals surface area contributed by atoms with Crippen molar-refractivity contribution in [2.45, 2.75) is 99.0 Å². The van der Waals surface area contributed by atoms with Gasteiger partial charge in [0.25, 0.3) is 0 Å². The molecule has 0 heterocycles. The van der Waals surface area contributed by atoms with Crippen molar-refractivity contribution in [1.29, 1.82) is 0 Å². The average molecular weight is 401 g/mol. The van der Waals surface area contributed by atoms with Crippen LogP contribution in [0.25, 0.3) is 0 Å². The maximum absolute atomic E-state index is 12.9. The highest BCUT2D eigenvalue weighted by molar-refractivity contribution is 5.95. The fourth-order valence-corrected chi connectivity index (χ4v) is 4.18. The molecule has 0 rings (SSSR count). The Morgan fingerprint density at radius 3 is 1.36 bits per heavy atom. The molecule has 0 aromatic carbocycles. The topological polar surface area (TPSA) is 52.6 Å². The quantitative estimate of drug-likeness (QED) is 0.193. The first-order valence-corrected chi connectivity index (χ1v) is 11.7. The van der Waals surface area contributed by atoms with E-state index in [-0.39, 0.29) is 19.3 Å². The van der Waals surface area contributed by atoms with E-state index in [1.165, 1.54) is 0 Å². The summed E-state index contributed by atoms with van der Waals surface area (Å²) in [4.78, 5) is 25.8. The monoisotopic (exact) mass is 400 g/mol. The van der Waals surface area contributed by atoms with Gasteiger partial charge in [0.2, 0.25) is 5.92 Å². The van der Waals surface area contributed by atoms with Crippen molar-refractivity contribution in [3.8, 4) is 0 Å². The summed E-state index contributed by atoms with van der Waals surface area (Å²) in [7, 11) is 0. The van der Waals surface area contributed by atoms with E-state index in [1.807, 2.05) is 0 Å². The van der Waals surface area contributed by atoms with Crippen molar-refractivity contribution in [1.82, 2.24) is 0 Å². The Labute approximate surface area is 173 Å². The first-order valence-electron chi connectivity index (χ1n) is 11.7. The number of esters is 2. The van der Waals surface area contributed by atoms with E-state index in [4.69, 9.17) is 9.47 Å². The summed E-state index contributed by atoms with van der Waals surface area (Å²) in [5, 5.41) is 0. The van der Waals surface area contributed by atoms with Gasteiger partial charge in [0.05, 0.1) is 32.8 Å². The van der Waals surface area contributed by atoms with E-state index >= 15 is 0 Å². The molecule has 0 aromatic heterocycles. The summed E-state index contributed by atoms with van der Waals surface area (Å²) in [6, 6.07) is -0.0762. The molecule has 5 nitrogen and oxygen atoms in total. The van der Waals surface area contributed by atoms with E-state index in [0.717, 1.165) is 75.5 Å². The summed E-state index contributed by atoms with van der Waals surface area (Å²) in [6.07, 6.45) is 8.41. The van der Waals surface area contributed by atoms with E-state index in [1.54, 1.807) is 13.8 Å². The minimum atomic E-state index is -0.828. The van der Waals surface area contributed by atoms with Crippen LogP contribution < -0.4 is 0 Å². The third kappa shape index (κ3) is 8.50. The second-order valence-electron chi connectivity index (χ2n) is 7.79. The molecule has 166 valence electrons. The average Bonchev–Trinajstić information content (AvgIpc) is 2.68. The minimum Gasteiger partial charge on any atom is -0.465 e. The maximum Gasteiger partial charge on any atom is 0.326 e. The van der Waals surface area contributed by atoms with E-state index in [9.17, 15) is 9.59 Å². The van der Waals surface area contributed by atoms with E-state index in [2.05, 4.69) is 27.7 Å². The van der Waals surface area contributed by atoms with Crippen LogP contribution >= 0.6 is 0 Å². The molecule has 28 heavy (non-hydrogen) atoms. The van der Waals surface area contributed by atoms with Crippen LogP contribution in [0.4, 0.5) is 0 Å². The number of carbonyl (C=O) groups is 2. The first-order chi connectivity index (χ1) is 13.5. The van der Waals surface area contributed by atoms with Crippen LogP contribution in [0.2, 0.25) is 0 Å². The molecule has 0 aliphatic carbocycles. The van der Waals surface area contributed by atoms with Gasteiger partial charge in [-0.05, 0) is 33.1 Å². The number of hydrogen-bond acceptors (Lipinski definition) is 4. The Hall–Kier alpha value is -1.10. The maximum atomic E-state index is 12.9. The van der Waals surface area contributed by atoms with Crippen molar-refractivity contribution in [2.75, 3.05) is 32.8 Å². The van der Waals surface area contributed by atoms with Crippen LogP contribution in [-0.2, 0) is 19.1 Å². The highest BCUT2D eigenvalue weighted by atomic mass is 16.6. The summed E-state index contributed by atoms with van der Waals surface area (Å²) in [5.74, 6) is -1.65. The van der Waals surface area contributed by atoms with Gasteiger partial charge in [-0.3, -0.25) is 9.59 Å². The lowest BCUT2D eigenvalue weighted by atomic mass is 9.90. The van der Waals surface area contributed by atoms with Crippen LogP contribution in [-0.4, -0.2) is 55.3 Å².